The quantitative estimate of drug-likeness (QED) is 0.802. The van der Waals surface area contributed by atoms with E-state index in [-0.39, 0.29) is 0 Å². The standard InChI is InChI=1S/C15H23N3/c1-12-9-16-11-17-15(12)13-5-4-8-18(10-13)14-6-2-3-7-14/h9,11,13-14H,2-8,10H2,1H3/t13-/m1/s1. The first-order chi connectivity index (χ1) is 8.84. The van der Waals surface area contributed by atoms with Crippen molar-refractivity contribution in [2.24, 2.45) is 0 Å². The minimum atomic E-state index is 0.627. The zero-order valence-corrected chi connectivity index (χ0v) is 11.3. The lowest BCUT2D eigenvalue weighted by Gasteiger charge is -2.36. The van der Waals surface area contributed by atoms with Crippen molar-refractivity contribution >= 4 is 0 Å². The first-order valence-corrected chi connectivity index (χ1v) is 7.35. The lowest BCUT2D eigenvalue weighted by atomic mass is 9.91. The lowest BCUT2D eigenvalue weighted by Crippen LogP contribution is -2.41. The number of aromatic nitrogens is 2. The van der Waals surface area contributed by atoms with Crippen LogP contribution in [0.1, 0.15) is 55.7 Å². The van der Waals surface area contributed by atoms with Crippen LogP contribution in [0.15, 0.2) is 12.5 Å². The van der Waals surface area contributed by atoms with Crippen LogP contribution in [-0.4, -0.2) is 34.0 Å². The molecule has 1 saturated carbocycles. The molecule has 1 saturated heterocycles. The number of likely N-dealkylation sites (tertiary alicyclic amines) is 1. The molecule has 0 radical (unpaired) electrons. The van der Waals surface area contributed by atoms with Crippen molar-refractivity contribution in [2.75, 3.05) is 13.1 Å². The van der Waals surface area contributed by atoms with E-state index in [1.54, 1.807) is 6.33 Å². The molecule has 0 spiro atoms. The Bertz CT molecular complexity index is 398. The molecule has 3 nitrogen and oxygen atoms in total. The van der Waals surface area contributed by atoms with E-state index in [9.17, 15) is 0 Å². The lowest BCUT2D eigenvalue weighted by molar-refractivity contribution is 0.148. The number of rotatable bonds is 2. The smallest absolute Gasteiger partial charge is 0.115 e. The highest BCUT2D eigenvalue weighted by Crippen LogP contribution is 2.32. The van der Waals surface area contributed by atoms with E-state index in [0.717, 1.165) is 6.04 Å². The molecule has 0 unspecified atom stereocenters. The third-order valence-electron chi connectivity index (χ3n) is 4.62. The first-order valence-electron chi connectivity index (χ1n) is 7.35. The largest absolute Gasteiger partial charge is 0.300 e. The van der Waals surface area contributed by atoms with E-state index in [1.165, 1.54) is 62.9 Å². The molecule has 0 N–H and O–H groups in total. The van der Waals surface area contributed by atoms with Gasteiger partial charge in [0.2, 0.25) is 0 Å². The van der Waals surface area contributed by atoms with Crippen LogP contribution in [0.25, 0.3) is 0 Å². The highest BCUT2D eigenvalue weighted by Gasteiger charge is 2.29. The van der Waals surface area contributed by atoms with Gasteiger partial charge in [0.15, 0.2) is 0 Å². The molecule has 1 atom stereocenters. The van der Waals surface area contributed by atoms with Gasteiger partial charge in [-0.2, -0.15) is 0 Å². The van der Waals surface area contributed by atoms with E-state index in [2.05, 4.69) is 21.8 Å². The second-order valence-electron chi connectivity index (χ2n) is 5.86. The summed E-state index contributed by atoms with van der Waals surface area (Å²) in [5.74, 6) is 0.627. The van der Waals surface area contributed by atoms with Crippen LogP contribution in [0.4, 0.5) is 0 Å². The van der Waals surface area contributed by atoms with Crippen LogP contribution in [0.5, 0.6) is 0 Å². The molecule has 1 aromatic heterocycles. The van der Waals surface area contributed by atoms with Crippen LogP contribution >= 0.6 is 0 Å². The molecule has 98 valence electrons. The molecule has 0 amide bonds. The summed E-state index contributed by atoms with van der Waals surface area (Å²) in [7, 11) is 0. The van der Waals surface area contributed by atoms with E-state index in [0.29, 0.717) is 5.92 Å². The maximum absolute atomic E-state index is 4.53. The van der Waals surface area contributed by atoms with Gasteiger partial charge >= 0.3 is 0 Å². The normalized spacial score (nSPS) is 26.6. The van der Waals surface area contributed by atoms with E-state index < -0.39 is 0 Å². The molecule has 2 fully saturated rings. The fourth-order valence-electron chi connectivity index (χ4n) is 3.67. The van der Waals surface area contributed by atoms with Crippen molar-refractivity contribution in [1.82, 2.24) is 14.9 Å². The topological polar surface area (TPSA) is 29.0 Å². The van der Waals surface area contributed by atoms with Gasteiger partial charge in [0.25, 0.3) is 0 Å². The zero-order chi connectivity index (χ0) is 12.4. The molecule has 3 rings (SSSR count). The summed E-state index contributed by atoms with van der Waals surface area (Å²) in [6.07, 6.45) is 12.0. The molecule has 1 aliphatic heterocycles. The second kappa shape index (κ2) is 5.35. The minimum Gasteiger partial charge on any atom is -0.300 e. The average Bonchev–Trinajstić information content (AvgIpc) is 2.93. The maximum atomic E-state index is 4.53. The molecule has 1 aliphatic carbocycles. The number of piperidine rings is 1. The number of hydrogen-bond donors (Lipinski definition) is 0. The van der Waals surface area contributed by atoms with Gasteiger partial charge in [0.1, 0.15) is 6.33 Å². The molecule has 1 aromatic rings. The monoisotopic (exact) mass is 245 g/mol. The fraction of sp³-hybridized carbons (Fsp3) is 0.733. The molecular weight excluding hydrogens is 222 g/mol. The summed E-state index contributed by atoms with van der Waals surface area (Å²) in [6.45, 7) is 4.65. The average molecular weight is 245 g/mol. The molecule has 2 heterocycles. The van der Waals surface area contributed by atoms with Gasteiger partial charge in [-0.3, -0.25) is 4.90 Å². The molecule has 18 heavy (non-hydrogen) atoms. The first kappa shape index (κ1) is 12.1. The number of hydrogen-bond acceptors (Lipinski definition) is 3. The van der Waals surface area contributed by atoms with Crippen molar-refractivity contribution in [1.29, 1.82) is 0 Å². The second-order valence-corrected chi connectivity index (χ2v) is 5.86. The van der Waals surface area contributed by atoms with Crippen LogP contribution in [0, 0.1) is 6.92 Å². The van der Waals surface area contributed by atoms with E-state index in [1.807, 2.05) is 6.20 Å². The van der Waals surface area contributed by atoms with Crippen LogP contribution < -0.4 is 0 Å². The molecule has 0 aromatic carbocycles. The van der Waals surface area contributed by atoms with Gasteiger partial charge in [-0.25, -0.2) is 9.97 Å². The predicted molar refractivity (Wildman–Crippen MR) is 72.6 cm³/mol. The Morgan fingerprint density at radius 1 is 1.17 bits per heavy atom. The zero-order valence-electron chi connectivity index (χ0n) is 11.3. The van der Waals surface area contributed by atoms with Crippen molar-refractivity contribution in [2.45, 2.75) is 57.4 Å². The Morgan fingerprint density at radius 2 is 2.00 bits per heavy atom. The van der Waals surface area contributed by atoms with Crippen molar-refractivity contribution < 1.29 is 0 Å². The molecule has 0 bridgehead atoms. The summed E-state index contributed by atoms with van der Waals surface area (Å²) in [5.41, 5.74) is 2.54. The van der Waals surface area contributed by atoms with Crippen LogP contribution in [0.2, 0.25) is 0 Å². The van der Waals surface area contributed by atoms with Gasteiger partial charge in [-0.15, -0.1) is 0 Å². The van der Waals surface area contributed by atoms with Crippen LogP contribution in [-0.2, 0) is 0 Å². The maximum Gasteiger partial charge on any atom is 0.115 e. The van der Waals surface area contributed by atoms with Crippen molar-refractivity contribution in [3.8, 4) is 0 Å². The third-order valence-corrected chi connectivity index (χ3v) is 4.62. The predicted octanol–water partition coefficient (Wildman–Crippen LogP) is 2.91. The summed E-state index contributed by atoms with van der Waals surface area (Å²) in [6, 6.07) is 0.856. The Labute approximate surface area is 110 Å². The van der Waals surface area contributed by atoms with Gasteiger partial charge < -0.3 is 0 Å². The summed E-state index contributed by atoms with van der Waals surface area (Å²) < 4.78 is 0. The van der Waals surface area contributed by atoms with Crippen LogP contribution in [0.3, 0.4) is 0 Å². The molecule has 3 heteroatoms. The van der Waals surface area contributed by atoms with Gasteiger partial charge in [0.05, 0.1) is 5.69 Å². The summed E-state index contributed by atoms with van der Waals surface area (Å²) >= 11 is 0. The van der Waals surface area contributed by atoms with Gasteiger partial charge in [-0.05, 0) is 44.7 Å². The Balaban J connectivity index is 1.72. The number of aryl methyl sites for hydroxylation is 1. The van der Waals surface area contributed by atoms with Crippen molar-refractivity contribution in [3.63, 3.8) is 0 Å². The van der Waals surface area contributed by atoms with Gasteiger partial charge in [-0.1, -0.05) is 12.8 Å². The Morgan fingerprint density at radius 3 is 2.78 bits per heavy atom. The van der Waals surface area contributed by atoms with Crippen molar-refractivity contribution in [3.05, 3.63) is 23.8 Å². The molecular formula is C15H23N3. The Hall–Kier alpha value is -0.960. The highest BCUT2D eigenvalue weighted by molar-refractivity contribution is 5.19. The highest BCUT2D eigenvalue weighted by atomic mass is 15.2. The summed E-state index contributed by atoms with van der Waals surface area (Å²) in [4.78, 5) is 11.4. The fourth-order valence-corrected chi connectivity index (χ4v) is 3.67. The van der Waals surface area contributed by atoms with Gasteiger partial charge in [0, 0.05) is 24.7 Å². The minimum absolute atomic E-state index is 0.627. The summed E-state index contributed by atoms with van der Waals surface area (Å²) in [5, 5.41) is 0. The number of nitrogens with zero attached hydrogens (tertiary/aromatic N) is 3. The van der Waals surface area contributed by atoms with E-state index >= 15 is 0 Å². The SMILES string of the molecule is Cc1cncnc1[C@@H]1CCCN(C2CCCC2)C1. The Kier molecular flexibility index (Phi) is 3.59. The third kappa shape index (κ3) is 2.41. The van der Waals surface area contributed by atoms with E-state index in [4.69, 9.17) is 0 Å². The molecule has 2 aliphatic rings.